The molecule has 1 rings (SSSR count). The smallest absolute Gasteiger partial charge is 0.0257 e. The van der Waals surface area contributed by atoms with Crippen LogP contribution in [0.3, 0.4) is 0 Å². The summed E-state index contributed by atoms with van der Waals surface area (Å²) in [6.07, 6.45) is 22.7. The van der Waals surface area contributed by atoms with Crippen molar-refractivity contribution >= 4 is 6.08 Å². The normalized spacial score (nSPS) is 11.7. The van der Waals surface area contributed by atoms with Gasteiger partial charge in [-0.05, 0) is 18.4 Å². The van der Waals surface area contributed by atoms with Crippen molar-refractivity contribution in [3.05, 3.63) is 54.1 Å². The lowest BCUT2D eigenvalue weighted by Crippen LogP contribution is -1.80. The fourth-order valence-electron chi connectivity index (χ4n) is 2.48. The minimum atomic E-state index is 1.22. The van der Waals surface area contributed by atoms with Crippen LogP contribution in [0.15, 0.2) is 48.6 Å². The molecule has 0 spiro atoms. The third-order valence-corrected chi connectivity index (χ3v) is 3.81. The van der Waals surface area contributed by atoms with Crippen LogP contribution in [0.2, 0.25) is 0 Å². The summed E-state index contributed by atoms with van der Waals surface area (Å²) in [6.45, 7) is 2.28. The summed E-state index contributed by atoms with van der Waals surface area (Å²) >= 11 is 0. The number of allylic oxidation sites excluding steroid dienone is 3. The predicted octanol–water partition coefficient (Wildman–Crippen LogP) is 7.18. The Hall–Kier alpha value is -1.30. The van der Waals surface area contributed by atoms with Gasteiger partial charge >= 0.3 is 0 Å². The van der Waals surface area contributed by atoms with Crippen LogP contribution in [0.5, 0.6) is 0 Å². The molecule has 0 heterocycles. The molecule has 1 aromatic rings. The molecular weight excluding hydrogens is 252 g/mol. The number of rotatable bonds is 12. The van der Waals surface area contributed by atoms with Gasteiger partial charge in [-0.1, -0.05) is 113 Å². The van der Waals surface area contributed by atoms with E-state index in [1.807, 2.05) is 0 Å². The molecule has 0 bridgehead atoms. The van der Waals surface area contributed by atoms with Crippen molar-refractivity contribution in [1.82, 2.24) is 0 Å². The lowest BCUT2D eigenvalue weighted by atomic mass is 10.1. The molecule has 1 aromatic carbocycles. The highest BCUT2D eigenvalue weighted by atomic mass is 14.0. The molecule has 0 saturated heterocycles. The van der Waals surface area contributed by atoms with E-state index in [0.29, 0.717) is 0 Å². The molecule has 0 N–H and O–H groups in total. The van der Waals surface area contributed by atoms with Crippen molar-refractivity contribution in [2.24, 2.45) is 0 Å². The molecule has 21 heavy (non-hydrogen) atoms. The number of unbranched alkanes of at least 4 members (excludes halogenated alkanes) is 9. The van der Waals surface area contributed by atoms with Gasteiger partial charge in [-0.15, -0.1) is 0 Å². The first-order chi connectivity index (χ1) is 10.4. The molecule has 0 aliphatic heterocycles. The Labute approximate surface area is 132 Å². The van der Waals surface area contributed by atoms with Crippen molar-refractivity contribution in [2.75, 3.05) is 0 Å². The highest BCUT2D eigenvalue weighted by Crippen LogP contribution is 2.10. The average Bonchev–Trinajstić information content (AvgIpc) is 2.53. The molecule has 0 saturated carbocycles. The standard InChI is InChI=1S/C21H32/c1-2-3-4-5-6-7-8-9-10-11-12-13-15-18-21-19-16-14-17-20-21/h12-20H,2-11H2,1H3. The zero-order valence-electron chi connectivity index (χ0n) is 13.8. The molecule has 116 valence electrons. The van der Waals surface area contributed by atoms with Gasteiger partial charge in [0.15, 0.2) is 0 Å². The molecular formula is C21H32. The highest BCUT2D eigenvalue weighted by molar-refractivity contribution is 5.50. The largest absolute Gasteiger partial charge is 0.0845 e. The van der Waals surface area contributed by atoms with Crippen LogP contribution in [-0.4, -0.2) is 0 Å². The van der Waals surface area contributed by atoms with Gasteiger partial charge in [0.1, 0.15) is 0 Å². The van der Waals surface area contributed by atoms with E-state index < -0.39 is 0 Å². The van der Waals surface area contributed by atoms with E-state index in [1.54, 1.807) is 0 Å². The SMILES string of the molecule is CCCCCCCCCCCC=CC=Cc1ccccc1. The Bertz CT molecular complexity index is 372. The van der Waals surface area contributed by atoms with Crippen LogP contribution in [0.25, 0.3) is 6.08 Å². The Morgan fingerprint density at radius 1 is 0.714 bits per heavy atom. The monoisotopic (exact) mass is 284 g/mol. The Morgan fingerprint density at radius 3 is 2.00 bits per heavy atom. The lowest BCUT2D eigenvalue weighted by molar-refractivity contribution is 0.566. The lowest BCUT2D eigenvalue weighted by Gasteiger charge is -2.00. The first-order valence-corrected chi connectivity index (χ1v) is 8.81. The van der Waals surface area contributed by atoms with Crippen molar-refractivity contribution in [1.29, 1.82) is 0 Å². The van der Waals surface area contributed by atoms with Gasteiger partial charge in [0.25, 0.3) is 0 Å². The summed E-state index contributed by atoms with van der Waals surface area (Å²) in [5.41, 5.74) is 1.27. The van der Waals surface area contributed by atoms with Crippen LogP contribution in [0.1, 0.15) is 76.7 Å². The number of hydrogen-bond acceptors (Lipinski definition) is 0. The summed E-state index contributed by atoms with van der Waals surface area (Å²) in [5.74, 6) is 0. The molecule has 0 radical (unpaired) electrons. The molecule has 0 atom stereocenters. The van der Waals surface area contributed by atoms with Crippen molar-refractivity contribution in [3.8, 4) is 0 Å². The summed E-state index contributed by atoms with van der Waals surface area (Å²) in [7, 11) is 0. The van der Waals surface area contributed by atoms with E-state index in [4.69, 9.17) is 0 Å². The zero-order valence-corrected chi connectivity index (χ0v) is 13.8. The fourth-order valence-corrected chi connectivity index (χ4v) is 2.48. The Balaban J connectivity index is 1.90. The molecule has 0 aliphatic carbocycles. The average molecular weight is 284 g/mol. The minimum Gasteiger partial charge on any atom is -0.0845 e. The van der Waals surface area contributed by atoms with Gasteiger partial charge < -0.3 is 0 Å². The van der Waals surface area contributed by atoms with E-state index in [2.05, 4.69) is 61.6 Å². The maximum absolute atomic E-state index is 2.29. The van der Waals surface area contributed by atoms with Crippen LogP contribution >= 0.6 is 0 Å². The van der Waals surface area contributed by atoms with E-state index in [9.17, 15) is 0 Å². The van der Waals surface area contributed by atoms with Crippen LogP contribution < -0.4 is 0 Å². The second kappa shape index (κ2) is 13.7. The quantitative estimate of drug-likeness (QED) is 0.282. The molecule has 0 aliphatic rings. The second-order valence-corrected chi connectivity index (χ2v) is 5.82. The summed E-state index contributed by atoms with van der Waals surface area (Å²) < 4.78 is 0. The molecule has 0 aromatic heterocycles. The maximum atomic E-state index is 2.29. The number of benzene rings is 1. The van der Waals surface area contributed by atoms with Gasteiger partial charge in [-0.3, -0.25) is 0 Å². The van der Waals surface area contributed by atoms with E-state index in [1.165, 1.54) is 69.8 Å². The van der Waals surface area contributed by atoms with Gasteiger partial charge in [0.05, 0.1) is 0 Å². The van der Waals surface area contributed by atoms with Gasteiger partial charge in [0, 0.05) is 0 Å². The number of hydrogen-bond donors (Lipinski definition) is 0. The summed E-state index contributed by atoms with van der Waals surface area (Å²) in [6, 6.07) is 10.5. The zero-order chi connectivity index (χ0) is 15.0. The first kappa shape index (κ1) is 17.8. The van der Waals surface area contributed by atoms with E-state index in [-0.39, 0.29) is 0 Å². The topological polar surface area (TPSA) is 0 Å². The van der Waals surface area contributed by atoms with E-state index >= 15 is 0 Å². The summed E-state index contributed by atoms with van der Waals surface area (Å²) in [5, 5.41) is 0. The molecule has 0 heteroatoms. The Kier molecular flexibility index (Phi) is 11.6. The molecule has 0 nitrogen and oxygen atoms in total. The van der Waals surface area contributed by atoms with Crippen LogP contribution in [0.4, 0.5) is 0 Å². The predicted molar refractivity (Wildman–Crippen MR) is 96.5 cm³/mol. The highest BCUT2D eigenvalue weighted by Gasteiger charge is 1.90. The summed E-state index contributed by atoms with van der Waals surface area (Å²) in [4.78, 5) is 0. The van der Waals surface area contributed by atoms with Crippen molar-refractivity contribution in [3.63, 3.8) is 0 Å². The third-order valence-electron chi connectivity index (χ3n) is 3.81. The van der Waals surface area contributed by atoms with Crippen LogP contribution in [0, 0.1) is 0 Å². The van der Waals surface area contributed by atoms with Crippen molar-refractivity contribution < 1.29 is 0 Å². The molecule has 0 unspecified atom stereocenters. The minimum absolute atomic E-state index is 1.22. The van der Waals surface area contributed by atoms with Crippen molar-refractivity contribution in [2.45, 2.75) is 71.1 Å². The maximum Gasteiger partial charge on any atom is -0.0257 e. The third kappa shape index (κ3) is 11.1. The van der Waals surface area contributed by atoms with E-state index in [0.717, 1.165) is 0 Å². The van der Waals surface area contributed by atoms with Gasteiger partial charge in [-0.25, -0.2) is 0 Å². The Morgan fingerprint density at radius 2 is 1.33 bits per heavy atom. The molecule has 0 amide bonds. The van der Waals surface area contributed by atoms with Crippen LogP contribution in [-0.2, 0) is 0 Å². The second-order valence-electron chi connectivity index (χ2n) is 5.82. The van der Waals surface area contributed by atoms with Gasteiger partial charge in [-0.2, -0.15) is 0 Å². The van der Waals surface area contributed by atoms with Gasteiger partial charge in [0.2, 0.25) is 0 Å². The fraction of sp³-hybridized carbons (Fsp3) is 0.524. The first-order valence-electron chi connectivity index (χ1n) is 8.81. The molecule has 0 fully saturated rings.